The van der Waals surface area contributed by atoms with Crippen LogP contribution in [0.15, 0.2) is 0 Å². The third kappa shape index (κ3) is 8.36. The van der Waals surface area contributed by atoms with Gasteiger partial charge in [0.2, 0.25) is 0 Å². The number of hydrogen-bond acceptors (Lipinski definition) is 2. The Morgan fingerprint density at radius 1 is 0.636 bits per heavy atom. The zero-order chi connectivity index (χ0) is 9.00. The van der Waals surface area contributed by atoms with E-state index in [9.17, 15) is 0 Å². The van der Waals surface area contributed by atoms with Crippen molar-refractivity contribution in [2.75, 3.05) is 0 Å². The van der Waals surface area contributed by atoms with E-state index in [4.69, 9.17) is 10.8 Å². The number of rotatable bonds is 1. The van der Waals surface area contributed by atoms with E-state index in [1.807, 2.05) is 0 Å². The third-order valence-electron chi connectivity index (χ3n) is 2.25. The predicted octanol–water partition coefficient (Wildman–Crippen LogP) is 2.12. The molecule has 62 valence electrons. The molecule has 0 amide bonds. The van der Waals surface area contributed by atoms with Gasteiger partial charge >= 0.3 is 18.9 Å². The van der Waals surface area contributed by atoms with Crippen molar-refractivity contribution in [1.82, 2.24) is 0 Å². The Morgan fingerprint density at radius 3 is 0.727 bits per heavy atom. The van der Waals surface area contributed by atoms with E-state index in [1.165, 1.54) is 0 Å². The number of nitrogens with zero attached hydrogens (tertiary/aromatic N) is 2. The molecule has 0 aromatic rings. The van der Waals surface area contributed by atoms with Gasteiger partial charge in [0, 0.05) is 26.0 Å². The van der Waals surface area contributed by atoms with Gasteiger partial charge < -0.3 is 0 Å². The van der Waals surface area contributed by atoms with Crippen LogP contribution in [0, 0.1) is 10.8 Å². The van der Waals surface area contributed by atoms with Gasteiger partial charge in [-0.1, -0.05) is 39.3 Å². The van der Waals surface area contributed by atoms with Crippen molar-refractivity contribution in [2.45, 2.75) is 39.3 Å². The second-order valence-corrected chi connectivity index (χ2v) is 22.5. The first-order valence-electron chi connectivity index (χ1n) is 3.45. The molecular formula is C6H19LiN2Si2. The molecule has 0 spiro atoms. The van der Waals surface area contributed by atoms with Crippen molar-refractivity contribution in [2.24, 2.45) is 0 Å². The van der Waals surface area contributed by atoms with Crippen LogP contribution in [-0.2, 0) is 0 Å². The summed E-state index contributed by atoms with van der Waals surface area (Å²) in [5.74, 6) is 0. The van der Waals surface area contributed by atoms with Crippen LogP contribution in [0.3, 0.4) is 0 Å². The zero-order valence-corrected chi connectivity index (χ0v) is 9.89. The monoisotopic (exact) mass is 182 g/mol. The summed E-state index contributed by atoms with van der Waals surface area (Å²) in [5.41, 5.74) is 0. The van der Waals surface area contributed by atoms with Gasteiger partial charge in [0.25, 0.3) is 0 Å². The van der Waals surface area contributed by atoms with E-state index < -0.39 is 15.2 Å². The predicted molar refractivity (Wildman–Crippen MR) is 57.3 cm³/mol. The van der Waals surface area contributed by atoms with Crippen molar-refractivity contribution in [3.05, 3.63) is 0 Å². The van der Waals surface area contributed by atoms with Crippen molar-refractivity contribution in [3.8, 4) is 0 Å². The van der Waals surface area contributed by atoms with Gasteiger partial charge in [-0.2, -0.15) is 0 Å². The minimum absolute atomic E-state index is 0. The molecule has 0 unspecified atom stereocenters. The van der Waals surface area contributed by atoms with Crippen molar-refractivity contribution < 1.29 is 0 Å². The fourth-order valence-corrected chi connectivity index (χ4v) is 0. The van der Waals surface area contributed by atoms with Gasteiger partial charge in [-0.15, -0.1) is 0 Å². The Balaban J connectivity index is -0.000000196. The van der Waals surface area contributed by atoms with E-state index in [0.717, 1.165) is 0 Å². The first kappa shape index (κ1) is 17.5. The summed E-state index contributed by atoms with van der Waals surface area (Å²) in [5, 5.41) is 12.0. The van der Waals surface area contributed by atoms with Crippen LogP contribution in [0.4, 0.5) is 0 Å². The zero-order valence-electron chi connectivity index (χ0n) is 7.89. The summed E-state index contributed by atoms with van der Waals surface area (Å²) >= 11 is 0. The van der Waals surface area contributed by atoms with Crippen LogP contribution >= 0.6 is 0 Å². The Hall–Kier alpha value is 0.451. The standard InChI is InChI=1S/C6H18Si2.Li.N2.H/c1-7(2,3)8(4,5)6;;1-2;/h1-6H3;;;. The van der Waals surface area contributed by atoms with Crippen LogP contribution in [-0.4, -0.2) is 34.0 Å². The molecule has 0 saturated heterocycles. The molecule has 11 heavy (non-hydrogen) atoms. The molecule has 5 heteroatoms. The van der Waals surface area contributed by atoms with Gasteiger partial charge in [-0.05, 0) is 0 Å². The molecule has 0 radical (unpaired) electrons. The molecule has 0 atom stereocenters. The van der Waals surface area contributed by atoms with Gasteiger partial charge in [-0.25, -0.2) is 0 Å². The Labute approximate surface area is 84.2 Å². The molecule has 0 bridgehead atoms. The minimum atomic E-state index is -0.720. The Kier molecular flexibility index (Phi) is 9.59. The first-order chi connectivity index (χ1) is 4.25. The summed E-state index contributed by atoms with van der Waals surface area (Å²) in [6.07, 6.45) is 0. The average molecular weight is 182 g/mol. The van der Waals surface area contributed by atoms with E-state index in [1.54, 1.807) is 0 Å². The van der Waals surface area contributed by atoms with Crippen LogP contribution < -0.4 is 0 Å². The molecule has 0 aromatic carbocycles. The second kappa shape index (κ2) is 6.02. The molecule has 0 heterocycles. The molecule has 0 aliphatic carbocycles. The molecule has 0 rings (SSSR count). The summed E-state index contributed by atoms with van der Waals surface area (Å²) in [7, 11) is -1.44. The average Bonchev–Trinajstić information content (AvgIpc) is 1.66. The SMILES string of the molecule is C[Si](C)(C)[Si](C)(C)C.N#N.[LiH]. The van der Waals surface area contributed by atoms with Gasteiger partial charge in [0.05, 0.1) is 0 Å². The van der Waals surface area contributed by atoms with Gasteiger partial charge in [0.15, 0.2) is 0 Å². The molecule has 0 aliphatic heterocycles. The molecule has 0 saturated carbocycles. The van der Waals surface area contributed by atoms with Crippen molar-refractivity contribution >= 4 is 34.0 Å². The Morgan fingerprint density at radius 2 is 0.727 bits per heavy atom. The van der Waals surface area contributed by atoms with E-state index >= 15 is 0 Å². The molecular weight excluding hydrogens is 163 g/mol. The molecule has 0 fully saturated rings. The van der Waals surface area contributed by atoms with Gasteiger partial charge in [0.1, 0.15) is 0 Å². The maximum atomic E-state index is 6.00. The summed E-state index contributed by atoms with van der Waals surface area (Å²) in [6.45, 7) is 14.8. The second-order valence-electron chi connectivity index (χ2n) is 4.50. The topological polar surface area (TPSA) is 47.6 Å². The Bertz CT molecular complexity index is 100.0. The first-order valence-corrected chi connectivity index (χ1v) is 11.4. The van der Waals surface area contributed by atoms with Gasteiger partial charge in [-0.3, -0.25) is 0 Å². The fourth-order valence-electron chi connectivity index (χ4n) is 0. The summed E-state index contributed by atoms with van der Waals surface area (Å²) in [4.78, 5) is 0. The normalized spacial score (nSPS) is 10.5. The molecule has 0 aliphatic rings. The van der Waals surface area contributed by atoms with Crippen molar-refractivity contribution in [3.63, 3.8) is 0 Å². The van der Waals surface area contributed by atoms with Crippen LogP contribution in [0.2, 0.25) is 39.3 Å². The number of hydrogen-bond donors (Lipinski definition) is 0. The molecule has 0 aromatic heterocycles. The summed E-state index contributed by atoms with van der Waals surface area (Å²) in [6, 6.07) is 0. The van der Waals surface area contributed by atoms with Crippen LogP contribution in [0.1, 0.15) is 0 Å². The maximum absolute atomic E-state index is 6.00. The third-order valence-corrected chi connectivity index (χ3v) is 20.2. The summed E-state index contributed by atoms with van der Waals surface area (Å²) < 4.78 is 0. The van der Waals surface area contributed by atoms with E-state index in [0.29, 0.717) is 0 Å². The fraction of sp³-hybridized carbons (Fsp3) is 1.00. The van der Waals surface area contributed by atoms with E-state index in [-0.39, 0.29) is 18.9 Å². The molecule has 0 N–H and O–H groups in total. The van der Waals surface area contributed by atoms with Crippen LogP contribution in [0.25, 0.3) is 0 Å². The van der Waals surface area contributed by atoms with Crippen LogP contribution in [0.5, 0.6) is 0 Å². The quantitative estimate of drug-likeness (QED) is 0.460. The van der Waals surface area contributed by atoms with E-state index in [2.05, 4.69) is 39.3 Å². The molecule has 2 nitrogen and oxygen atoms in total. The van der Waals surface area contributed by atoms with Crippen molar-refractivity contribution in [1.29, 1.82) is 10.8 Å².